The van der Waals surface area contributed by atoms with Crippen LogP contribution in [0.3, 0.4) is 0 Å². The summed E-state index contributed by atoms with van der Waals surface area (Å²) in [6.45, 7) is 4.04. The summed E-state index contributed by atoms with van der Waals surface area (Å²) in [6, 6.07) is 11.4. The zero-order valence-electron chi connectivity index (χ0n) is 10.2. The lowest BCUT2D eigenvalue weighted by Crippen LogP contribution is -1.92. The van der Waals surface area contributed by atoms with Crippen molar-refractivity contribution in [2.24, 2.45) is 0 Å². The van der Waals surface area contributed by atoms with Crippen LogP contribution in [0.2, 0.25) is 0 Å². The molecular formula is C14H14O3S. The number of benzene rings is 1. The van der Waals surface area contributed by atoms with Gasteiger partial charge < -0.3 is 9.52 Å². The van der Waals surface area contributed by atoms with Gasteiger partial charge in [-0.25, -0.2) is 4.79 Å². The molecule has 0 saturated heterocycles. The number of hydrogen-bond donors (Lipinski definition) is 1. The van der Waals surface area contributed by atoms with E-state index in [1.165, 1.54) is 11.6 Å². The highest BCUT2D eigenvalue weighted by atomic mass is 32.2. The zero-order chi connectivity index (χ0) is 13.1. The summed E-state index contributed by atoms with van der Waals surface area (Å²) in [4.78, 5) is 11.9. The maximum atomic E-state index is 10.7. The van der Waals surface area contributed by atoms with Crippen LogP contribution < -0.4 is 0 Å². The van der Waals surface area contributed by atoms with Crippen LogP contribution in [-0.4, -0.2) is 11.1 Å². The minimum Gasteiger partial charge on any atom is -0.475 e. The molecule has 94 valence electrons. The normalized spacial score (nSPS) is 12.3. The number of aryl methyl sites for hydroxylation is 1. The van der Waals surface area contributed by atoms with Gasteiger partial charge in [0.2, 0.25) is 5.76 Å². The summed E-state index contributed by atoms with van der Waals surface area (Å²) < 4.78 is 5.28. The van der Waals surface area contributed by atoms with E-state index in [9.17, 15) is 4.79 Å². The summed E-state index contributed by atoms with van der Waals surface area (Å²) in [7, 11) is 0. The molecule has 0 spiro atoms. The van der Waals surface area contributed by atoms with E-state index in [4.69, 9.17) is 9.52 Å². The van der Waals surface area contributed by atoms with Crippen molar-refractivity contribution in [3.63, 3.8) is 0 Å². The number of carbonyl (C=O) groups is 1. The lowest BCUT2D eigenvalue weighted by Gasteiger charge is -2.08. The van der Waals surface area contributed by atoms with Gasteiger partial charge in [0.25, 0.3) is 0 Å². The number of carboxylic acids is 1. The second kappa shape index (κ2) is 5.31. The molecule has 0 amide bonds. The predicted molar refractivity (Wildman–Crippen MR) is 71.1 cm³/mol. The lowest BCUT2D eigenvalue weighted by atomic mass is 10.2. The first kappa shape index (κ1) is 12.8. The monoisotopic (exact) mass is 262 g/mol. The average molecular weight is 262 g/mol. The Balaban J connectivity index is 2.09. The average Bonchev–Trinajstić information content (AvgIpc) is 2.81. The van der Waals surface area contributed by atoms with Crippen LogP contribution in [-0.2, 0) is 0 Å². The lowest BCUT2D eigenvalue weighted by molar-refractivity contribution is 0.0660. The second-order valence-corrected chi connectivity index (χ2v) is 5.49. The predicted octanol–water partition coefficient (Wildman–Crippen LogP) is 4.14. The van der Waals surface area contributed by atoms with Gasteiger partial charge in [0.05, 0.1) is 5.25 Å². The summed E-state index contributed by atoms with van der Waals surface area (Å²) in [5.74, 6) is -0.367. The van der Waals surface area contributed by atoms with Gasteiger partial charge in [0.15, 0.2) is 0 Å². The summed E-state index contributed by atoms with van der Waals surface area (Å²) in [6.07, 6.45) is 0. The van der Waals surface area contributed by atoms with Crippen LogP contribution in [0.4, 0.5) is 0 Å². The fraction of sp³-hybridized carbons (Fsp3) is 0.214. The summed E-state index contributed by atoms with van der Waals surface area (Å²) >= 11 is 1.64. The van der Waals surface area contributed by atoms with Crippen LogP contribution in [0.15, 0.2) is 45.7 Å². The standard InChI is InChI=1S/C14H14O3S/c1-9-3-5-11(6-4-9)18-10(2)12-7-8-13(17-12)14(15)16/h3-8,10H,1-2H3,(H,15,16). The van der Waals surface area contributed by atoms with E-state index in [0.29, 0.717) is 5.76 Å². The Morgan fingerprint density at radius 2 is 1.89 bits per heavy atom. The first-order valence-electron chi connectivity index (χ1n) is 5.62. The van der Waals surface area contributed by atoms with Crippen LogP contribution in [0, 0.1) is 6.92 Å². The molecule has 2 aromatic rings. The van der Waals surface area contributed by atoms with E-state index >= 15 is 0 Å². The Morgan fingerprint density at radius 1 is 1.22 bits per heavy atom. The Morgan fingerprint density at radius 3 is 2.44 bits per heavy atom. The molecule has 1 aromatic heterocycles. The largest absolute Gasteiger partial charge is 0.475 e. The smallest absolute Gasteiger partial charge is 0.371 e. The number of aromatic carboxylic acids is 1. The quantitative estimate of drug-likeness (QED) is 0.841. The molecule has 1 heterocycles. The van der Waals surface area contributed by atoms with E-state index < -0.39 is 5.97 Å². The molecule has 18 heavy (non-hydrogen) atoms. The third-order valence-corrected chi connectivity index (χ3v) is 3.70. The molecule has 0 bridgehead atoms. The van der Waals surface area contributed by atoms with Crippen LogP contribution in [0.1, 0.15) is 34.1 Å². The van der Waals surface area contributed by atoms with Crippen molar-refractivity contribution in [3.05, 3.63) is 53.5 Å². The van der Waals surface area contributed by atoms with Crippen LogP contribution in [0.25, 0.3) is 0 Å². The van der Waals surface area contributed by atoms with Crippen molar-refractivity contribution in [3.8, 4) is 0 Å². The van der Waals surface area contributed by atoms with Gasteiger partial charge in [-0.2, -0.15) is 0 Å². The van der Waals surface area contributed by atoms with E-state index in [0.717, 1.165) is 4.90 Å². The molecule has 0 radical (unpaired) electrons. The molecule has 1 aromatic carbocycles. The summed E-state index contributed by atoms with van der Waals surface area (Å²) in [5, 5.41) is 8.88. The SMILES string of the molecule is Cc1ccc(SC(C)c2ccc(C(=O)O)o2)cc1. The van der Waals surface area contributed by atoms with Gasteiger partial charge in [0, 0.05) is 4.90 Å². The van der Waals surface area contributed by atoms with Crippen molar-refractivity contribution >= 4 is 17.7 Å². The minimum atomic E-state index is -1.03. The van der Waals surface area contributed by atoms with E-state index in [2.05, 4.69) is 24.3 Å². The molecule has 4 heteroatoms. The van der Waals surface area contributed by atoms with Gasteiger partial charge in [-0.3, -0.25) is 0 Å². The van der Waals surface area contributed by atoms with Gasteiger partial charge in [-0.1, -0.05) is 17.7 Å². The van der Waals surface area contributed by atoms with Crippen LogP contribution in [0.5, 0.6) is 0 Å². The van der Waals surface area contributed by atoms with Crippen molar-refractivity contribution in [1.82, 2.24) is 0 Å². The first-order chi connectivity index (χ1) is 8.56. The van der Waals surface area contributed by atoms with Crippen molar-refractivity contribution < 1.29 is 14.3 Å². The molecule has 3 nitrogen and oxygen atoms in total. The Labute approximate surface area is 110 Å². The Bertz CT molecular complexity index is 542. The van der Waals surface area contributed by atoms with E-state index in [1.54, 1.807) is 17.8 Å². The maximum absolute atomic E-state index is 10.7. The molecule has 0 aliphatic heterocycles. The third-order valence-electron chi connectivity index (χ3n) is 2.57. The van der Waals surface area contributed by atoms with Gasteiger partial charge >= 0.3 is 5.97 Å². The van der Waals surface area contributed by atoms with Crippen molar-refractivity contribution in [2.45, 2.75) is 24.0 Å². The molecule has 1 N–H and O–H groups in total. The Kier molecular flexibility index (Phi) is 3.77. The van der Waals surface area contributed by atoms with Gasteiger partial charge in [0.1, 0.15) is 5.76 Å². The molecule has 0 saturated carbocycles. The second-order valence-electron chi connectivity index (χ2n) is 4.08. The molecule has 0 aliphatic rings. The number of furan rings is 1. The number of rotatable bonds is 4. The molecule has 2 rings (SSSR count). The molecular weight excluding hydrogens is 248 g/mol. The first-order valence-corrected chi connectivity index (χ1v) is 6.50. The molecule has 1 atom stereocenters. The van der Waals surface area contributed by atoms with Crippen molar-refractivity contribution in [2.75, 3.05) is 0 Å². The van der Waals surface area contributed by atoms with E-state index in [1.807, 2.05) is 13.8 Å². The highest BCUT2D eigenvalue weighted by molar-refractivity contribution is 7.99. The highest BCUT2D eigenvalue weighted by Gasteiger charge is 2.15. The number of hydrogen-bond acceptors (Lipinski definition) is 3. The van der Waals surface area contributed by atoms with Gasteiger partial charge in [-0.05, 0) is 38.1 Å². The summed E-state index contributed by atoms with van der Waals surface area (Å²) in [5.41, 5.74) is 1.22. The fourth-order valence-corrected chi connectivity index (χ4v) is 2.51. The zero-order valence-corrected chi connectivity index (χ0v) is 11.0. The minimum absolute atomic E-state index is 0.0126. The highest BCUT2D eigenvalue weighted by Crippen LogP contribution is 2.35. The van der Waals surface area contributed by atoms with E-state index in [-0.39, 0.29) is 11.0 Å². The third kappa shape index (κ3) is 2.96. The van der Waals surface area contributed by atoms with Crippen LogP contribution >= 0.6 is 11.8 Å². The van der Waals surface area contributed by atoms with Gasteiger partial charge in [-0.15, -0.1) is 11.8 Å². The molecule has 1 unspecified atom stereocenters. The topological polar surface area (TPSA) is 50.4 Å². The number of thioether (sulfide) groups is 1. The molecule has 0 aliphatic carbocycles. The number of carboxylic acid groups (broad SMARTS) is 1. The maximum Gasteiger partial charge on any atom is 0.371 e. The fourth-order valence-electron chi connectivity index (χ4n) is 1.57. The Hall–Kier alpha value is -1.68. The molecule has 0 fully saturated rings. The van der Waals surface area contributed by atoms with Crippen molar-refractivity contribution in [1.29, 1.82) is 0 Å².